The summed E-state index contributed by atoms with van der Waals surface area (Å²) >= 11 is 0. The summed E-state index contributed by atoms with van der Waals surface area (Å²) in [4.78, 5) is 13.4. The molecule has 0 bridgehead atoms. The third-order valence-corrected chi connectivity index (χ3v) is 5.47. The molecule has 2 aromatic heterocycles. The van der Waals surface area contributed by atoms with Crippen molar-refractivity contribution in [2.75, 3.05) is 38.6 Å². The molecule has 0 amide bonds. The van der Waals surface area contributed by atoms with Crippen LogP contribution in [0.5, 0.6) is 0 Å². The Labute approximate surface area is 166 Å². The molecule has 4 rings (SSSR count). The first-order valence-corrected chi connectivity index (χ1v) is 9.91. The van der Waals surface area contributed by atoms with E-state index in [0.717, 1.165) is 50.4 Å². The van der Waals surface area contributed by atoms with Crippen molar-refractivity contribution in [1.29, 1.82) is 0 Å². The van der Waals surface area contributed by atoms with Crippen LogP contribution in [0.2, 0.25) is 0 Å². The van der Waals surface area contributed by atoms with E-state index < -0.39 is 0 Å². The van der Waals surface area contributed by atoms with Gasteiger partial charge in [-0.2, -0.15) is 4.98 Å². The predicted octanol–water partition coefficient (Wildman–Crippen LogP) is 3.62. The van der Waals surface area contributed by atoms with Gasteiger partial charge in [0.05, 0.1) is 0 Å². The van der Waals surface area contributed by atoms with E-state index in [1.165, 1.54) is 11.3 Å². The lowest BCUT2D eigenvalue weighted by Gasteiger charge is -2.30. The van der Waals surface area contributed by atoms with Gasteiger partial charge in [-0.05, 0) is 62.2 Å². The van der Waals surface area contributed by atoms with E-state index in [9.17, 15) is 0 Å². The molecule has 1 saturated heterocycles. The second kappa shape index (κ2) is 8.52. The Kier molecular flexibility index (Phi) is 5.67. The molecule has 6 heteroatoms. The molecule has 0 radical (unpaired) electrons. The van der Waals surface area contributed by atoms with Gasteiger partial charge in [0.2, 0.25) is 11.7 Å². The molecule has 0 unspecified atom stereocenters. The van der Waals surface area contributed by atoms with Crippen molar-refractivity contribution in [2.24, 2.45) is 0 Å². The molecule has 28 heavy (non-hydrogen) atoms. The summed E-state index contributed by atoms with van der Waals surface area (Å²) < 4.78 is 5.54. The first kappa shape index (κ1) is 18.6. The Hall–Kier alpha value is -2.73. The summed E-state index contributed by atoms with van der Waals surface area (Å²) in [5.74, 6) is 1.75. The zero-order valence-electron chi connectivity index (χ0n) is 16.6. The van der Waals surface area contributed by atoms with E-state index in [1.54, 1.807) is 12.4 Å². The van der Waals surface area contributed by atoms with Gasteiger partial charge in [-0.1, -0.05) is 17.3 Å². The van der Waals surface area contributed by atoms with Crippen molar-refractivity contribution in [1.82, 2.24) is 20.0 Å². The van der Waals surface area contributed by atoms with E-state index in [0.29, 0.717) is 11.7 Å². The van der Waals surface area contributed by atoms with Crippen LogP contribution in [0.3, 0.4) is 0 Å². The van der Waals surface area contributed by atoms with Crippen LogP contribution < -0.4 is 4.90 Å². The van der Waals surface area contributed by atoms with E-state index >= 15 is 0 Å². The Morgan fingerprint density at radius 1 is 1.11 bits per heavy atom. The smallest absolute Gasteiger partial charge is 0.230 e. The highest BCUT2D eigenvalue weighted by atomic mass is 16.5. The molecule has 0 spiro atoms. The topological polar surface area (TPSA) is 58.3 Å². The predicted molar refractivity (Wildman–Crippen MR) is 110 cm³/mol. The monoisotopic (exact) mass is 377 g/mol. The molecule has 0 saturated carbocycles. The maximum absolute atomic E-state index is 5.54. The van der Waals surface area contributed by atoms with Crippen molar-refractivity contribution >= 4 is 5.69 Å². The summed E-state index contributed by atoms with van der Waals surface area (Å²) in [5.41, 5.74) is 3.54. The number of aromatic nitrogens is 3. The Bertz CT molecular complexity index is 867. The largest absolute Gasteiger partial charge is 0.378 e. The quantitative estimate of drug-likeness (QED) is 0.654. The van der Waals surface area contributed by atoms with Gasteiger partial charge in [0.15, 0.2) is 0 Å². The number of piperidine rings is 1. The number of rotatable bonds is 6. The fourth-order valence-electron chi connectivity index (χ4n) is 3.66. The lowest BCUT2D eigenvalue weighted by atomic mass is 9.96. The van der Waals surface area contributed by atoms with Gasteiger partial charge in [-0.15, -0.1) is 0 Å². The minimum atomic E-state index is 0.355. The van der Waals surface area contributed by atoms with E-state index in [-0.39, 0.29) is 0 Å². The summed E-state index contributed by atoms with van der Waals surface area (Å²) in [7, 11) is 4.14. The molecule has 1 fully saturated rings. The second-order valence-corrected chi connectivity index (χ2v) is 7.62. The summed E-state index contributed by atoms with van der Waals surface area (Å²) in [5, 5.41) is 4.13. The number of hydrogen-bond donors (Lipinski definition) is 0. The van der Waals surface area contributed by atoms with Gasteiger partial charge in [0.1, 0.15) is 0 Å². The van der Waals surface area contributed by atoms with Crippen LogP contribution >= 0.6 is 0 Å². The highest BCUT2D eigenvalue weighted by molar-refractivity contribution is 5.52. The summed E-state index contributed by atoms with van der Waals surface area (Å²) in [6.45, 7) is 3.24. The third-order valence-electron chi connectivity index (χ3n) is 5.47. The van der Waals surface area contributed by atoms with Crippen LogP contribution in [0.1, 0.15) is 30.2 Å². The average molecular weight is 377 g/mol. The van der Waals surface area contributed by atoms with Gasteiger partial charge in [0.25, 0.3) is 0 Å². The normalized spacial score (nSPS) is 15.6. The van der Waals surface area contributed by atoms with Gasteiger partial charge in [-0.25, -0.2) is 0 Å². The molecule has 1 aromatic carbocycles. The molecule has 0 N–H and O–H groups in total. The van der Waals surface area contributed by atoms with Crippen LogP contribution in [0, 0.1) is 0 Å². The molecular weight excluding hydrogens is 350 g/mol. The van der Waals surface area contributed by atoms with Crippen molar-refractivity contribution in [3.8, 4) is 11.4 Å². The summed E-state index contributed by atoms with van der Waals surface area (Å²) in [6, 6.07) is 12.7. The van der Waals surface area contributed by atoms with Crippen LogP contribution in [0.4, 0.5) is 5.69 Å². The Balaban J connectivity index is 1.27. The van der Waals surface area contributed by atoms with Crippen LogP contribution in [0.25, 0.3) is 11.4 Å². The first-order chi connectivity index (χ1) is 13.7. The fraction of sp³-hybridized carbons (Fsp3) is 0.409. The van der Waals surface area contributed by atoms with E-state index in [4.69, 9.17) is 4.52 Å². The molecular formula is C22H27N5O. The molecule has 3 heterocycles. The number of nitrogens with zero attached hydrogens (tertiary/aromatic N) is 5. The first-order valence-electron chi connectivity index (χ1n) is 9.91. The minimum absolute atomic E-state index is 0.355. The van der Waals surface area contributed by atoms with Crippen LogP contribution in [0.15, 0.2) is 53.3 Å². The zero-order valence-corrected chi connectivity index (χ0v) is 16.6. The maximum Gasteiger partial charge on any atom is 0.230 e. The average Bonchev–Trinajstić information content (AvgIpc) is 3.24. The van der Waals surface area contributed by atoms with Crippen molar-refractivity contribution in [2.45, 2.75) is 25.2 Å². The van der Waals surface area contributed by atoms with Gasteiger partial charge in [0, 0.05) is 50.2 Å². The Morgan fingerprint density at radius 2 is 1.89 bits per heavy atom. The van der Waals surface area contributed by atoms with Gasteiger partial charge >= 0.3 is 0 Å². The van der Waals surface area contributed by atoms with Gasteiger partial charge < -0.3 is 14.3 Å². The number of likely N-dealkylation sites (tertiary alicyclic amines) is 1. The number of pyridine rings is 1. The molecule has 6 nitrogen and oxygen atoms in total. The highest BCUT2D eigenvalue weighted by Gasteiger charge is 2.25. The number of hydrogen-bond acceptors (Lipinski definition) is 6. The maximum atomic E-state index is 5.54. The Morgan fingerprint density at radius 3 is 2.57 bits per heavy atom. The molecule has 146 valence electrons. The molecule has 1 aliphatic rings. The molecule has 3 aromatic rings. The van der Waals surface area contributed by atoms with Crippen molar-refractivity contribution < 1.29 is 4.52 Å². The fourth-order valence-corrected chi connectivity index (χ4v) is 3.66. The summed E-state index contributed by atoms with van der Waals surface area (Å²) in [6.07, 6.45) is 6.73. The lowest BCUT2D eigenvalue weighted by molar-refractivity contribution is 0.196. The van der Waals surface area contributed by atoms with E-state index in [2.05, 4.69) is 63.3 Å². The van der Waals surface area contributed by atoms with Crippen molar-refractivity contribution in [3.63, 3.8) is 0 Å². The number of benzene rings is 1. The second-order valence-electron chi connectivity index (χ2n) is 7.62. The van der Waals surface area contributed by atoms with Crippen LogP contribution in [-0.2, 0) is 6.42 Å². The number of anilines is 1. The van der Waals surface area contributed by atoms with Gasteiger partial charge in [-0.3, -0.25) is 4.98 Å². The van der Waals surface area contributed by atoms with Crippen LogP contribution in [-0.4, -0.2) is 53.8 Å². The minimum Gasteiger partial charge on any atom is -0.378 e. The lowest BCUT2D eigenvalue weighted by Crippen LogP contribution is -2.34. The molecule has 0 atom stereocenters. The highest BCUT2D eigenvalue weighted by Crippen LogP contribution is 2.28. The zero-order chi connectivity index (χ0) is 19.3. The van der Waals surface area contributed by atoms with Crippen molar-refractivity contribution in [3.05, 3.63) is 60.2 Å². The van der Waals surface area contributed by atoms with E-state index in [1.807, 2.05) is 12.1 Å². The molecule has 1 aliphatic heterocycles. The standard InChI is InChI=1S/C22H27N5O/c1-26(2)20-7-5-17(6-8-20)9-13-27-14-10-18(11-15-27)22-24-21(25-28-22)19-4-3-12-23-16-19/h3-8,12,16,18H,9-11,13-15H2,1-2H3. The molecule has 0 aliphatic carbocycles. The SMILES string of the molecule is CN(C)c1ccc(CCN2CCC(c3nc(-c4cccnc4)no3)CC2)cc1. The third kappa shape index (κ3) is 4.39.